The number of ether oxygens (including phenoxy) is 3. The second-order valence-corrected chi connectivity index (χ2v) is 7.31. The maximum Gasteiger partial charge on any atom is 0.325 e. The van der Waals surface area contributed by atoms with E-state index in [9.17, 15) is 14.4 Å². The van der Waals surface area contributed by atoms with Crippen LogP contribution in [0.1, 0.15) is 56.8 Å². The molecule has 8 nitrogen and oxygen atoms in total. The van der Waals surface area contributed by atoms with E-state index in [2.05, 4.69) is 17.6 Å². The fourth-order valence-corrected chi connectivity index (χ4v) is 3.42. The summed E-state index contributed by atoms with van der Waals surface area (Å²) in [5.74, 6) is -0.00549. The highest BCUT2D eigenvalue weighted by Crippen LogP contribution is 2.28. The van der Waals surface area contributed by atoms with Gasteiger partial charge in [0.1, 0.15) is 6.54 Å². The molecule has 1 saturated carbocycles. The predicted molar refractivity (Wildman–Crippen MR) is 112 cm³/mol. The Morgan fingerprint density at radius 1 is 1.03 bits per heavy atom. The Kier molecular flexibility index (Phi) is 9.44. The van der Waals surface area contributed by atoms with E-state index in [1.807, 2.05) is 13.8 Å². The van der Waals surface area contributed by atoms with Gasteiger partial charge in [0.05, 0.1) is 13.2 Å². The fraction of sp³-hybridized carbons (Fsp3) is 0.591. The van der Waals surface area contributed by atoms with Crippen LogP contribution < -0.4 is 20.1 Å². The number of nitrogens with one attached hydrogen (secondary N) is 2. The van der Waals surface area contributed by atoms with Crippen molar-refractivity contribution in [2.75, 3.05) is 26.4 Å². The molecule has 0 radical (unpaired) electrons. The molecule has 2 rings (SSSR count). The first kappa shape index (κ1) is 23.5. The summed E-state index contributed by atoms with van der Waals surface area (Å²) in [6.45, 7) is 6.04. The van der Waals surface area contributed by atoms with Gasteiger partial charge >= 0.3 is 5.97 Å². The Bertz CT molecular complexity index is 736. The highest BCUT2D eigenvalue weighted by Gasteiger charge is 2.23. The maximum atomic E-state index is 12.3. The first-order valence-corrected chi connectivity index (χ1v) is 10.6. The third kappa shape index (κ3) is 7.24. The largest absolute Gasteiger partial charge is 0.490 e. The molecule has 0 heterocycles. The third-order valence-corrected chi connectivity index (χ3v) is 5.02. The van der Waals surface area contributed by atoms with Crippen LogP contribution in [-0.2, 0) is 14.3 Å². The number of carbonyl (C=O) groups excluding carboxylic acids is 3. The molecule has 0 spiro atoms. The van der Waals surface area contributed by atoms with Crippen molar-refractivity contribution < 1.29 is 28.6 Å². The van der Waals surface area contributed by atoms with Crippen LogP contribution in [0.4, 0.5) is 0 Å². The number of benzene rings is 1. The first-order valence-electron chi connectivity index (χ1n) is 10.6. The van der Waals surface area contributed by atoms with Gasteiger partial charge in [-0.05, 0) is 50.8 Å². The molecule has 0 aliphatic heterocycles. The molecule has 0 bridgehead atoms. The monoisotopic (exact) mass is 420 g/mol. The van der Waals surface area contributed by atoms with Gasteiger partial charge in [-0.15, -0.1) is 0 Å². The number of esters is 1. The third-order valence-electron chi connectivity index (χ3n) is 5.02. The van der Waals surface area contributed by atoms with Gasteiger partial charge in [-0.1, -0.05) is 19.8 Å². The molecule has 1 fully saturated rings. The van der Waals surface area contributed by atoms with E-state index in [4.69, 9.17) is 14.2 Å². The minimum Gasteiger partial charge on any atom is -0.490 e. The van der Waals surface area contributed by atoms with Crippen molar-refractivity contribution in [2.45, 2.75) is 52.5 Å². The number of hydrogen-bond acceptors (Lipinski definition) is 6. The smallest absolute Gasteiger partial charge is 0.325 e. The molecule has 2 N–H and O–H groups in total. The number of rotatable bonds is 10. The first-order chi connectivity index (χ1) is 14.4. The number of amides is 2. The van der Waals surface area contributed by atoms with E-state index in [0.29, 0.717) is 36.2 Å². The SMILES string of the molecule is CCOc1ccc(C(=O)NCC(=O)OCC(=O)NC2CCCCC2C)cc1OCC. The molecular formula is C22H32N2O6. The van der Waals surface area contributed by atoms with Crippen LogP contribution in [0.2, 0.25) is 0 Å². The minimum atomic E-state index is -0.675. The summed E-state index contributed by atoms with van der Waals surface area (Å²) >= 11 is 0. The zero-order valence-electron chi connectivity index (χ0n) is 18.0. The van der Waals surface area contributed by atoms with Gasteiger partial charge in [0.25, 0.3) is 11.8 Å². The van der Waals surface area contributed by atoms with E-state index in [0.717, 1.165) is 19.3 Å². The molecule has 0 aromatic heterocycles. The van der Waals surface area contributed by atoms with Crippen molar-refractivity contribution in [3.05, 3.63) is 23.8 Å². The van der Waals surface area contributed by atoms with Crippen molar-refractivity contribution in [2.24, 2.45) is 5.92 Å². The van der Waals surface area contributed by atoms with Gasteiger partial charge in [-0.2, -0.15) is 0 Å². The van der Waals surface area contributed by atoms with Crippen molar-refractivity contribution >= 4 is 17.8 Å². The molecule has 1 aromatic rings. The summed E-state index contributed by atoms with van der Waals surface area (Å²) in [6.07, 6.45) is 4.32. The molecule has 30 heavy (non-hydrogen) atoms. The van der Waals surface area contributed by atoms with E-state index in [-0.39, 0.29) is 25.1 Å². The lowest BCUT2D eigenvalue weighted by Crippen LogP contribution is -2.43. The van der Waals surface area contributed by atoms with Gasteiger partial charge in [-0.3, -0.25) is 14.4 Å². The van der Waals surface area contributed by atoms with Crippen LogP contribution in [0.5, 0.6) is 11.5 Å². The van der Waals surface area contributed by atoms with Crippen LogP contribution in [0, 0.1) is 5.92 Å². The Morgan fingerprint density at radius 3 is 2.43 bits per heavy atom. The highest BCUT2D eigenvalue weighted by molar-refractivity contribution is 5.96. The quantitative estimate of drug-likeness (QED) is 0.564. The molecule has 1 aliphatic carbocycles. The van der Waals surface area contributed by atoms with Gasteiger partial charge in [0.2, 0.25) is 0 Å². The van der Waals surface area contributed by atoms with Crippen molar-refractivity contribution in [3.63, 3.8) is 0 Å². The summed E-state index contributed by atoms with van der Waals surface area (Å²) in [5.41, 5.74) is 0.332. The molecular weight excluding hydrogens is 388 g/mol. The zero-order chi connectivity index (χ0) is 21.9. The topological polar surface area (TPSA) is 103 Å². The zero-order valence-corrected chi connectivity index (χ0v) is 18.0. The van der Waals surface area contributed by atoms with Gasteiger partial charge in [0, 0.05) is 11.6 Å². The number of hydrogen-bond donors (Lipinski definition) is 2. The highest BCUT2D eigenvalue weighted by atomic mass is 16.5. The normalized spacial score (nSPS) is 18.2. The summed E-state index contributed by atoms with van der Waals surface area (Å²) < 4.78 is 15.9. The van der Waals surface area contributed by atoms with E-state index in [1.54, 1.807) is 18.2 Å². The lowest BCUT2D eigenvalue weighted by atomic mass is 9.86. The van der Waals surface area contributed by atoms with Crippen molar-refractivity contribution in [3.8, 4) is 11.5 Å². The average Bonchev–Trinajstić information content (AvgIpc) is 2.73. The Balaban J connectivity index is 1.77. The fourth-order valence-electron chi connectivity index (χ4n) is 3.42. The Hall–Kier alpha value is -2.77. The Morgan fingerprint density at radius 2 is 1.73 bits per heavy atom. The number of carbonyl (C=O) groups is 3. The van der Waals surface area contributed by atoms with Crippen LogP contribution >= 0.6 is 0 Å². The van der Waals surface area contributed by atoms with Gasteiger partial charge in [0.15, 0.2) is 18.1 Å². The second kappa shape index (κ2) is 12.0. The van der Waals surface area contributed by atoms with Crippen LogP contribution in [0.15, 0.2) is 18.2 Å². The molecule has 2 unspecified atom stereocenters. The average molecular weight is 421 g/mol. The van der Waals surface area contributed by atoms with Crippen LogP contribution in [0.25, 0.3) is 0 Å². The minimum absolute atomic E-state index is 0.129. The molecule has 1 aromatic carbocycles. The second-order valence-electron chi connectivity index (χ2n) is 7.31. The lowest BCUT2D eigenvalue weighted by molar-refractivity contribution is -0.147. The predicted octanol–water partition coefficient (Wildman–Crippen LogP) is 2.45. The summed E-state index contributed by atoms with van der Waals surface area (Å²) in [5, 5.41) is 5.41. The Labute approximate surface area is 177 Å². The van der Waals surface area contributed by atoms with Crippen molar-refractivity contribution in [1.82, 2.24) is 10.6 Å². The molecule has 2 amide bonds. The molecule has 1 aliphatic rings. The maximum absolute atomic E-state index is 12.3. The van der Waals surface area contributed by atoms with E-state index < -0.39 is 11.9 Å². The van der Waals surface area contributed by atoms with E-state index in [1.165, 1.54) is 6.42 Å². The van der Waals surface area contributed by atoms with Crippen LogP contribution in [-0.4, -0.2) is 50.2 Å². The van der Waals surface area contributed by atoms with Gasteiger partial charge < -0.3 is 24.8 Å². The molecule has 0 saturated heterocycles. The summed E-state index contributed by atoms with van der Waals surface area (Å²) in [6, 6.07) is 4.93. The molecule has 2 atom stereocenters. The lowest BCUT2D eigenvalue weighted by Gasteiger charge is -2.29. The standard InChI is InChI=1S/C22H32N2O6/c1-4-28-18-11-10-16(12-19(18)29-5-2)22(27)23-13-21(26)30-14-20(25)24-17-9-7-6-8-15(17)3/h10-12,15,17H,4-9,13-14H2,1-3H3,(H,23,27)(H,24,25). The molecule has 8 heteroatoms. The molecule has 166 valence electrons. The van der Waals surface area contributed by atoms with Crippen molar-refractivity contribution in [1.29, 1.82) is 0 Å². The van der Waals surface area contributed by atoms with Gasteiger partial charge in [-0.25, -0.2) is 0 Å². The van der Waals surface area contributed by atoms with E-state index >= 15 is 0 Å². The van der Waals surface area contributed by atoms with Crippen LogP contribution in [0.3, 0.4) is 0 Å². The summed E-state index contributed by atoms with van der Waals surface area (Å²) in [4.78, 5) is 36.2. The summed E-state index contributed by atoms with van der Waals surface area (Å²) in [7, 11) is 0.